The van der Waals surface area contributed by atoms with Gasteiger partial charge in [0.2, 0.25) is 0 Å². The van der Waals surface area contributed by atoms with Crippen molar-refractivity contribution in [1.29, 1.82) is 0 Å². The normalized spacial score (nSPS) is 14.8. The summed E-state index contributed by atoms with van der Waals surface area (Å²) in [4.78, 5) is 31.2. The Kier molecular flexibility index (Phi) is 9.88. The zero-order chi connectivity index (χ0) is 24.5. The summed E-state index contributed by atoms with van der Waals surface area (Å²) in [6, 6.07) is 6.48. The summed E-state index contributed by atoms with van der Waals surface area (Å²) in [6.07, 6.45) is 3.97. The lowest BCUT2D eigenvalue weighted by Gasteiger charge is -2.30. The molecule has 0 aliphatic heterocycles. The molecule has 2 aromatic rings. The maximum atomic E-state index is 13.0. The number of rotatable bonds is 13. The molecule has 1 heterocycles. The van der Waals surface area contributed by atoms with Crippen LogP contribution >= 0.6 is 11.3 Å². The number of carbonyl (C=O) groups is 2. The van der Waals surface area contributed by atoms with Crippen molar-refractivity contribution in [2.45, 2.75) is 72.4 Å². The molecule has 3 unspecified atom stereocenters. The quantitative estimate of drug-likeness (QED) is 0.432. The highest BCUT2D eigenvalue weighted by Gasteiger charge is 2.21. The maximum Gasteiger partial charge on any atom is 0.270 e. The number of aromatic nitrogens is 1. The molecular formula is C26H39N3O2S. The highest BCUT2D eigenvalue weighted by atomic mass is 32.1. The number of amides is 1. The fourth-order valence-electron chi connectivity index (χ4n) is 4.12. The van der Waals surface area contributed by atoms with E-state index in [1.807, 2.05) is 31.4 Å². The number of aldehydes is 1. The van der Waals surface area contributed by atoms with Crippen LogP contribution in [0.4, 0.5) is 0 Å². The molecule has 0 saturated carbocycles. The summed E-state index contributed by atoms with van der Waals surface area (Å²) in [7, 11) is 2.16. The number of carbonyl (C=O) groups excluding carboxylic acids is 2. The van der Waals surface area contributed by atoms with Gasteiger partial charge in [0.05, 0.1) is 6.38 Å². The Hall–Kier alpha value is -2.05. The molecule has 0 radical (unpaired) electrons. The van der Waals surface area contributed by atoms with E-state index in [4.69, 9.17) is 1.37 Å². The molecule has 176 valence electrons. The van der Waals surface area contributed by atoms with Gasteiger partial charge in [0.15, 0.2) is 0 Å². The third kappa shape index (κ3) is 8.14. The number of nitrogens with zero attached hydrogens (tertiary/aromatic N) is 2. The van der Waals surface area contributed by atoms with Gasteiger partial charge in [-0.05, 0) is 51.3 Å². The van der Waals surface area contributed by atoms with E-state index in [1.165, 1.54) is 11.3 Å². The summed E-state index contributed by atoms with van der Waals surface area (Å²) in [5, 5.41) is 5.91. The van der Waals surface area contributed by atoms with E-state index in [-0.39, 0.29) is 17.9 Å². The van der Waals surface area contributed by atoms with Crippen LogP contribution in [0.2, 0.25) is 0 Å². The molecule has 1 aromatic heterocycles. The Morgan fingerprint density at radius 1 is 1.38 bits per heavy atom. The van der Waals surface area contributed by atoms with Crippen molar-refractivity contribution < 1.29 is 11.0 Å². The van der Waals surface area contributed by atoms with Gasteiger partial charge in [-0.25, -0.2) is 4.98 Å². The van der Waals surface area contributed by atoms with Crippen molar-refractivity contribution >= 4 is 23.5 Å². The fraction of sp³-hybridized carbons (Fsp3) is 0.577. The number of thiazole rings is 1. The van der Waals surface area contributed by atoms with E-state index in [9.17, 15) is 9.59 Å². The van der Waals surface area contributed by atoms with Gasteiger partial charge in [-0.1, -0.05) is 57.5 Å². The van der Waals surface area contributed by atoms with Gasteiger partial charge in [0.1, 0.15) is 12.0 Å². The van der Waals surface area contributed by atoms with Gasteiger partial charge in [-0.15, -0.1) is 11.3 Å². The number of nitrogens with one attached hydrogen (secondary N) is 1. The summed E-state index contributed by atoms with van der Waals surface area (Å²) in [5.74, 6) is 0.216. The molecule has 0 aliphatic rings. The van der Waals surface area contributed by atoms with E-state index in [1.54, 1.807) is 6.07 Å². The first-order valence-corrected chi connectivity index (χ1v) is 12.5. The second-order valence-electron chi connectivity index (χ2n) is 9.15. The minimum Gasteiger partial charge on any atom is -0.348 e. The van der Waals surface area contributed by atoms with Crippen LogP contribution in [0, 0.1) is 18.8 Å². The van der Waals surface area contributed by atoms with Crippen molar-refractivity contribution in [2.24, 2.45) is 11.8 Å². The van der Waals surface area contributed by atoms with E-state index >= 15 is 0 Å². The van der Waals surface area contributed by atoms with E-state index < -0.39 is 0 Å². The minimum atomic E-state index is -0.194. The summed E-state index contributed by atoms with van der Waals surface area (Å²) >= 11 is 1.54. The Labute approximate surface area is 199 Å². The number of hydrogen-bond donors (Lipinski definition) is 1. The molecule has 0 aliphatic carbocycles. The Morgan fingerprint density at radius 3 is 2.75 bits per heavy atom. The molecule has 32 heavy (non-hydrogen) atoms. The molecule has 3 atom stereocenters. The van der Waals surface area contributed by atoms with Crippen LogP contribution in [0.1, 0.15) is 68.5 Å². The van der Waals surface area contributed by atoms with Crippen LogP contribution in [-0.4, -0.2) is 47.8 Å². The zero-order valence-corrected chi connectivity index (χ0v) is 21.2. The first kappa shape index (κ1) is 24.6. The number of benzene rings is 1. The molecule has 0 spiro atoms. The lowest BCUT2D eigenvalue weighted by Crippen LogP contribution is -2.38. The first-order valence-electron chi connectivity index (χ1n) is 12.1. The lowest BCUT2D eigenvalue weighted by molar-refractivity contribution is -0.111. The summed E-state index contributed by atoms with van der Waals surface area (Å²) in [6.45, 7) is 11.5. The highest BCUT2D eigenvalue weighted by molar-refractivity contribution is 7.09. The van der Waals surface area contributed by atoms with Crippen molar-refractivity contribution in [3.05, 3.63) is 51.5 Å². The van der Waals surface area contributed by atoms with Crippen molar-refractivity contribution in [3.63, 3.8) is 0 Å². The van der Waals surface area contributed by atoms with Crippen LogP contribution in [0.25, 0.3) is 0 Å². The average molecular weight is 460 g/mol. The van der Waals surface area contributed by atoms with Gasteiger partial charge in [-0.2, -0.15) is 0 Å². The lowest BCUT2D eigenvalue weighted by atomic mass is 9.96. The van der Waals surface area contributed by atoms with Gasteiger partial charge in [0, 0.05) is 29.8 Å². The van der Waals surface area contributed by atoms with E-state index in [2.05, 4.69) is 43.0 Å². The van der Waals surface area contributed by atoms with Gasteiger partial charge >= 0.3 is 0 Å². The maximum absolute atomic E-state index is 13.0. The summed E-state index contributed by atoms with van der Waals surface area (Å²) in [5.41, 5.74) is 2.39. The van der Waals surface area contributed by atoms with Crippen molar-refractivity contribution in [2.75, 3.05) is 13.6 Å². The molecule has 1 amide bonds. The Morgan fingerprint density at radius 2 is 2.12 bits per heavy atom. The number of aryl methyl sites for hydroxylation is 2. The predicted octanol–water partition coefficient (Wildman–Crippen LogP) is 4.93. The molecule has 5 nitrogen and oxygen atoms in total. The fourth-order valence-corrected chi connectivity index (χ4v) is 4.91. The van der Waals surface area contributed by atoms with Crippen LogP contribution in [0.15, 0.2) is 29.6 Å². The molecule has 0 fully saturated rings. The van der Waals surface area contributed by atoms with Gasteiger partial charge < -0.3 is 15.0 Å². The number of hydrogen-bond acceptors (Lipinski definition) is 5. The smallest absolute Gasteiger partial charge is 0.270 e. The molecule has 0 bridgehead atoms. The van der Waals surface area contributed by atoms with Gasteiger partial charge in [0.25, 0.3) is 5.91 Å². The second-order valence-corrected chi connectivity index (χ2v) is 10.1. The molecule has 1 N–H and O–H groups in total. The van der Waals surface area contributed by atoms with Crippen molar-refractivity contribution in [3.8, 4) is 0 Å². The average Bonchev–Trinajstić information content (AvgIpc) is 3.25. The SMILES string of the molecule is [3H]c1ccc(CC(CC(C)C=O)NC(=O)c2csc(CCC(C(C)C)N(C)CC)n2)cc1C. The first-order chi connectivity index (χ1) is 15.6. The predicted molar refractivity (Wildman–Crippen MR) is 133 cm³/mol. The summed E-state index contributed by atoms with van der Waals surface area (Å²) < 4.78 is 7.86. The molecule has 2 rings (SSSR count). The highest BCUT2D eigenvalue weighted by Crippen LogP contribution is 2.19. The minimum absolute atomic E-state index is 0.152. The van der Waals surface area contributed by atoms with Crippen LogP contribution in [0.5, 0.6) is 0 Å². The third-order valence-electron chi connectivity index (χ3n) is 5.99. The van der Waals surface area contributed by atoms with E-state index in [0.29, 0.717) is 36.5 Å². The largest absolute Gasteiger partial charge is 0.348 e. The van der Waals surface area contributed by atoms with Crippen LogP contribution in [0.3, 0.4) is 0 Å². The molecule has 6 heteroatoms. The third-order valence-corrected chi connectivity index (χ3v) is 6.90. The van der Waals surface area contributed by atoms with Crippen LogP contribution < -0.4 is 5.32 Å². The topological polar surface area (TPSA) is 62.3 Å². The zero-order valence-electron chi connectivity index (χ0n) is 21.4. The standard InChI is InChI=1S/C26H39N3O2S/c1-7-29(6)24(18(2)3)11-12-25-28-23(17-32-25)26(31)27-22(14-20(5)16-30)15-21-10-8-9-19(4)13-21/h8-10,13,16-18,20,22,24H,7,11-12,14-15H2,1-6H3,(H,27,31)/i9T. The van der Waals surface area contributed by atoms with Gasteiger partial charge in [-0.3, -0.25) is 4.79 Å². The molecule has 0 saturated heterocycles. The van der Waals surface area contributed by atoms with E-state index in [0.717, 1.165) is 41.8 Å². The monoisotopic (exact) mass is 459 g/mol. The Bertz CT molecular complexity index is 915. The molecular weight excluding hydrogens is 418 g/mol. The second kappa shape index (κ2) is 12.9. The molecule has 1 aromatic carbocycles. The van der Waals surface area contributed by atoms with Crippen LogP contribution in [-0.2, 0) is 17.6 Å². The Balaban J connectivity index is 2.05. The van der Waals surface area contributed by atoms with Crippen molar-refractivity contribution in [1.82, 2.24) is 15.2 Å².